The van der Waals surface area contributed by atoms with Gasteiger partial charge in [0.2, 0.25) is 0 Å². The van der Waals surface area contributed by atoms with Crippen molar-refractivity contribution in [2.75, 3.05) is 24.8 Å². The third-order valence-electron chi connectivity index (χ3n) is 6.64. The molecule has 1 saturated carbocycles. The molecule has 1 aliphatic carbocycles. The van der Waals surface area contributed by atoms with Crippen molar-refractivity contribution in [1.82, 2.24) is 9.47 Å². The first-order chi connectivity index (χ1) is 14.3. The second kappa shape index (κ2) is 8.02. The number of aliphatic hydroxyl groups excluding tert-OH is 1. The lowest BCUT2D eigenvalue weighted by Crippen LogP contribution is -2.32. The smallest absolute Gasteiger partial charge is 0.258 e. The van der Waals surface area contributed by atoms with Crippen LogP contribution in [-0.4, -0.2) is 40.2 Å². The van der Waals surface area contributed by atoms with Gasteiger partial charge in [-0.05, 0) is 54.7 Å². The summed E-state index contributed by atoms with van der Waals surface area (Å²) in [6.07, 6.45) is 5.22. The molecule has 4 rings (SSSR count). The normalized spacial score (nSPS) is 21.9. The number of pyridine rings is 1. The Bertz CT molecular complexity index is 1050. The van der Waals surface area contributed by atoms with Crippen molar-refractivity contribution in [1.29, 1.82) is 0 Å². The summed E-state index contributed by atoms with van der Waals surface area (Å²) in [4.78, 5) is 15.2. The average molecular weight is 415 g/mol. The molecule has 7 heteroatoms. The molecule has 162 valence electrons. The lowest BCUT2D eigenvalue weighted by Gasteiger charge is -2.24. The van der Waals surface area contributed by atoms with E-state index in [9.17, 15) is 9.90 Å². The largest absolute Gasteiger partial charge is 0.388 e. The highest BCUT2D eigenvalue weighted by Gasteiger charge is 2.29. The molecule has 1 N–H and O–H groups in total. The summed E-state index contributed by atoms with van der Waals surface area (Å²) < 4.78 is 17.0. The topological polar surface area (TPSA) is 61.1 Å². The first kappa shape index (κ1) is 20.8. The Morgan fingerprint density at radius 1 is 1.27 bits per heavy atom. The zero-order valence-electron chi connectivity index (χ0n) is 18.2. The molecule has 2 aromatic rings. The quantitative estimate of drug-likeness (QED) is 0.803. The fourth-order valence-corrected chi connectivity index (χ4v) is 4.86. The predicted octanol–water partition coefficient (Wildman–Crippen LogP) is 4.03. The number of aromatic nitrogens is 1. The van der Waals surface area contributed by atoms with Crippen LogP contribution in [0, 0.1) is 11.7 Å². The third-order valence-corrected chi connectivity index (χ3v) is 6.64. The van der Waals surface area contributed by atoms with Crippen LogP contribution in [0.5, 0.6) is 0 Å². The Hall–Kier alpha value is -2.41. The van der Waals surface area contributed by atoms with Gasteiger partial charge in [0.25, 0.3) is 5.56 Å². The molecule has 0 unspecified atom stereocenters. The lowest BCUT2D eigenvalue weighted by molar-refractivity contribution is 0.332. The number of rotatable bonds is 5. The van der Waals surface area contributed by atoms with Crippen LogP contribution in [0.4, 0.5) is 10.1 Å². The van der Waals surface area contributed by atoms with Gasteiger partial charge in [-0.25, -0.2) is 9.40 Å². The number of fused-ring (bicyclic) bond motifs is 1. The average Bonchev–Trinajstić information content (AvgIpc) is 3.33. The van der Waals surface area contributed by atoms with Gasteiger partial charge in [0.15, 0.2) is 5.84 Å². The van der Waals surface area contributed by atoms with Crippen LogP contribution < -0.4 is 10.6 Å². The molecule has 2 aliphatic rings. The third kappa shape index (κ3) is 3.39. The number of halogens is 1. The van der Waals surface area contributed by atoms with Crippen molar-refractivity contribution in [2.45, 2.75) is 58.9 Å². The number of benzene rings is 1. The first-order valence-corrected chi connectivity index (χ1v) is 10.9. The highest BCUT2D eigenvalue weighted by atomic mass is 19.1. The van der Waals surface area contributed by atoms with Gasteiger partial charge in [0.1, 0.15) is 19.1 Å². The number of hydrogen-bond donors (Lipinski definition) is 1. The molecule has 1 aromatic heterocycles. The maximum atomic E-state index is 15.2. The molecular formula is C23H31FN4O2. The van der Waals surface area contributed by atoms with E-state index in [4.69, 9.17) is 0 Å². The van der Waals surface area contributed by atoms with Gasteiger partial charge in [-0.2, -0.15) is 5.10 Å². The monoisotopic (exact) mass is 414 g/mol. The van der Waals surface area contributed by atoms with Gasteiger partial charge < -0.3 is 14.6 Å². The summed E-state index contributed by atoms with van der Waals surface area (Å²) in [5.41, 5.74) is 1.26. The van der Waals surface area contributed by atoms with Gasteiger partial charge in [-0.1, -0.05) is 27.2 Å². The van der Waals surface area contributed by atoms with Gasteiger partial charge in [0, 0.05) is 18.8 Å². The summed E-state index contributed by atoms with van der Waals surface area (Å²) >= 11 is 0. The minimum Gasteiger partial charge on any atom is -0.388 e. The van der Waals surface area contributed by atoms with Crippen molar-refractivity contribution < 1.29 is 9.50 Å². The van der Waals surface area contributed by atoms with Gasteiger partial charge in [0.05, 0.1) is 11.1 Å². The van der Waals surface area contributed by atoms with Crippen molar-refractivity contribution >= 4 is 22.3 Å². The zero-order chi connectivity index (χ0) is 21.6. The molecule has 0 amide bonds. The number of likely N-dealkylation sites (N-methyl/N-ethyl adjacent to an activating group) is 1. The minimum atomic E-state index is -0.467. The number of nitrogens with zero attached hydrogens (tertiary/aromatic N) is 4. The molecule has 0 radical (unpaired) electrons. The van der Waals surface area contributed by atoms with Crippen LogP contribution in [0.1, 0.15) is 64.5 Å². The number of amidine groups is 1. The molecule has 6 nitrogen and oxygen atoms in total. The van der Waals surface area contributed by atoms with E-state index in [0.29, 0.717) is 36.0 Å². The molecule has 2 atom stereocenters. The Morgan fingerprint density at radius 2 is 2.03 bits per heavy atom. The molecule has 0 bridgehead atoms. The second-order valence-electron chi connectivity index (χ2n) is 8.85. The number of hydrogen-bond acceptors (Lipinski definition) is 5. The van der Waals surface area contributed by atoms with Crippen molar-refractivity contribution in [3.05, 3.63) is 40.1 Å². The van der Waals surface area contributed by atoms with Crippen molar-refractivity contribution in [2.24, 2.45) is 11.0 Å². The molecule has 30 heavy (non-hydrogen) atoms. The Labute approximate surface area is 176 Å². The van der Waals surface area contributed by atoms with Crippen LogP contribution in [0.2, 0.25) is 0 Å². The Morgan fingerprint density at radius 3 is 2.60 bits per heavy atom. The molecule has 0 saturated heterocycles. The van der Waals surface area contributed by atoms with Crippen LogP contribution in [0.3, 0.4) is 0 Å². The van der Waals surface area contributed by atoms with Gasteiger partial charge in [-0.3, -0.25) is 4.79 Å². The molecule has 0 spiro atoms. The summed E-state index contributed by atoms with van der Waals surface area (Å²) in [6.45, 7) is 9.21. The maximum Gasteiger partial charge on any atom is 0.258 e. The van der Waals surface area contributed by atoms with E-state index in [2.05, 4.69) is 25.9 Å². The van der Waals surface area contributed by atoms with Crippen LogP contribution in [0.25, 0.3) is 10.8 Å². The molecular weight excluding hydrogens is 383 g/mol. The van der Waals surface area contributed by atoms with Gasteiger partial charge in [-0.15, -0.1) is 0 Å². The Balaban J connectivity index is 1.88. The standard InChI is InChI=1S/C23H31FN4O2/c1-5-26-13-28(25-22(26)12-29)21-10-16-17(9-19(21)24)23(30)27(11-18(16)14(2)3)20-8-6-7-15(20)4/h9-11,14-15,20,29H,5-8,12-13H2,1-4H3/t15-,20+/m1/s1. The predicted molar refractivity (Wildman–Crippen MR) is 119 cm³/mol. The highest BCUT2D eigenvalue weighted by Crippen LogP contribution is 2.37. The minimum absolute atomic E-state index is 0.116. The number of anilines is 1. The fraction of sp³-hybridized carbons (Fsp3) is 0.565. The van der Waals surface area contributed by atoms with Crippen LogP contribution >= 0.6 is 0 Å². The van der Waals surface area contributed by atoms with E-state index >= 15 is 4.39 Å². The summed E-state index contributed by atoms with van der Waals surface area (Å²) in [5, 5.41) is 16.7. The zero-order valence-corrected chi connectivity index (χ0v) is 18.2. The van der Waals surface area contributed by atoms with Gasteiger partial charge >= 0.3 is 0 Å². The number of hydrazone groups is 1. The molecule has 1 aromatic carbocycles. The van der Waals surface area contributed by atoms with E-state index in [-0.39, 0.29) is 24.1 Å². The highest BCUT2D eigenvalue weighted by molar-refractivity contribution is 5.90. The first-order valence-electron chi connectivity index (χ1n) is 10.9. The number of aliphatic hydroxyl groups is 1. The Kier molecular flexibility index (Phi) is 5.57. The lowest BCUT2D eigenvalue weighted by atomic mass is 9.96. The maximum absolute atomic E-state index is 15.2. The van der Waals surface area contributed by atoms with Crippen LogP contribution in [-0.2, 0) is 0 Å². The SMILES string of the molecule is CCN1CN(c2cc3c(C(C)C)cn([C@H]4CCC[C@H]4C)c(=O)c3cc2F)N=C1CO. The van der Waals surface area contributed by atoms with Crippen molar-refractivity contribution in [3.8, 4) is 0 Å². The van der Waals surface area contributed by atoms with E-state index in [1.165, 1.54) is 6.07 Å². The van der Waals surface area contributed by atoms with Crippen molar-refractivity contribution in [3.63, 3.8) is 0 Å². The fourth-order valence-electron chi connectivity index (χ4n) is 4.86. The molecule has 2 heterocycles. The molecule has 1 aliphatic heterocycles. The van der Waals surface area contributed by atoms with E-state index < -0.39 is 5.82 Å². The van der Waals surface area contributed by atoms with E-state index in [1.807, 2.05) is 22.6 Å². The summed E-state index contributed by atoms with van der Waals surface area (Å²) in [6, 6.07) is 3.30. The van der Waals surface area contributed by atoms with E-state index in [0.717, 1.165) is 30.2 Å². The summed E-state index contributed by atoms with van der Waals surface area (Å²) in [7, 11) is 0. The van der Waals surface area contributed by atoms with E-state index in [1.54, 1.807) is 11.1 Å². The second-order valence-corrected chi connectivity index (χ2v) is 8.85. The molecule has 1 fully saturated rings. The summed E-state index contributed by atoms with van der Waals surface area (Å²) in [5.74, 6) is 0.689. The van der Waals surface area contributed by atoms with Crippen LogP contribution in [0.15, 0.2) is 28.2 Å².